The third kappa shape index (κ3) is 5.04. The Hall–Kier alpha value is -2.59. The lowest BCUT2D eigenvalue weighted by atomic mass is 9.83. The number of carbonyl (C=O) groups excluding carboxylic acids is 1. The molecule has 0 spiro atoms. The lowest BCUT2D eigenvalue weighted by molar-refractivity contribution is 0.0921. The Bertz CT molecular complexity index is 1210. The highest BCUT2D eigenvalue weighted by atomic mass is 32.1. The smallest absolute Gasteiger partial charge is 0.261 e. The van der Waals surface area contributed by atoms with Crippen molar-refractivity contribution in [3.63, 3.8) is 0 Å². The van der Waals surface area contributed by atoms with E-state index in [0.29, 0.717) is 23.8 Å². The van der Waals surface area contributed by atoms with Gasteiger partial charge in [-0.2, -0.15) is 0 Å². The van der Waals surface area contributed by atoms with Crippen molar-refractivity contribution in [3.8, 4) is 11.4 Å². The fraction of sp³-hybridized carbons (Fsp3) is 0.500. The van der Waals surface area contributed by atoms with Crippen molar-refractivity contribution in [1.29, 1.82) is 0 Å². The predicted molar refractivity (Wildman–Crippen MR) is 141 cm³/mol. The Morgan fingerprint density at radius 2 is 2.00 bits per heavy atom. The molecule has 184 valence electrons. The zero-order valence-corrected chi connectivity index (χ0v) is 20.9. The molecule has 2 aliphatic heterocycles. The number of nitrogens with zero attached hydrogens (tertiary/aromatic N) is 3. The highest BCUT2D eigenvalue weighted by molar-refractivity contribution is 7.20. The van der Waals surface area contributed by atoms with E-state index in [1.807, 2.05) is 24.4 Å². The number of benzene rings is 1. The van der Waals surface area contributed by atoms with Crippen LogP contribution in [0.5, 0.6) is 0 Å². The van der Waals surface area contributed by atoms with Crippen molar-refractivity contribution in [1.82, 2.24) is 31.0 Å². The van der Waals surface area contributed by atoms with Crippen molar-refractivity contribution >= 4 is 33.1 Å². The van der Waals surface area contributed by atoms with E-state index in [-0.39, 0.29) is 11.9 Å². The van der Waals surface area contributed by atoms with Gasteiger partial charge in [0, 0.05) is 41.1 Å². The number of fused-ring (bicyclic) bond motifs is 2. The zero-order chi connectivity index (χ0) is 23.8. The van der Waals surface area contributed by atoms with Gasteiger partial charge in [0.1, 0.15) is 5.82 Å². The van der Waals surface area contributed by atoms with Crippen molar-refractivity contribution in [2.24, 2.45) is 5.92 Å². The van der Waals surface area contributed by atoms with Crippen LogP contribution in [0.15, 0.2) is 36.5 Å². The average molecular weight is 492 g/mol. The number of anilines is 1. The molecule has 3 fully saturated rings. The number of hydrogen-bond donors (Lipinski definition) is 4. The van der Waals surface area contributed by atoms with Crippen LogP contribution in [0.1, 0.15) is 41.8 Å². The Kier molecular flexibility index (Phi) is 6.40. The molecule has 3 atom stereocenters. The fourth-order valence-electron chi connectivity index (χ4n) is 5.61. The van der Waals surface area contributed by atoms with E-state index in [4.69, 9.17) is 4.98 Å². The molecule has 0 radical (unpaired) electrons. The average Bonchev–Trinajstić information content (AvgIpc) is 3.52. The number of piperidine rings is 1. The molecule has 4 heterocycles. The maximum Gasteiger partial charge on any atom is 0.261 e. The van der Waals surface area contributed by atoms with Gasteiger partial charge in [-0.15, -0.1) is 11.3 Å². The molecular formula is C26H33N7OS. The van der Waals surface area contributed by atoms with Gasteiger partial charge in [-0.25, -0.2) is 9.97 Å². The van der Waals surface area contributed by atoms with E-state index in [1.165, 1.54) is 17.8 Å². The molecule has 4 N–H and O–H groups in total. The first kappa shape index (κ1) is 22.8. The first-order valence-electron chi connectivity index (χ1n) is 12.7. The SMILES string of the molecule is CN1CCC(NC(=O)c2cc3ccc(-c4nccc(NC5CCC6NNCC6C5)n4)cc3s2)CC1. The zero-order valence-electron chi connectivity index (χ0n) is 20.1. The standard InChI is InChI=1S/C26H33N7OS/c1-33-10-7-19(8-11-33)30-26(34)23-13-16-2-3-17(14-22(16)35-23)25-27-9-6-24(31-25)29-20-4-5-21-18(12-20)15-28-32-21/h2-3,6,9,13-14,18-21,28,32H,4-5,7-8,10-12,15H2,1H3,(H,30,34)(H,27,29,31). The maximum atomic E-state index is 12.9. The Labute approximate surface area is 209 Å². The summed E-state index contributed by atoms with van der Waals surface area (Å²) in [6, 6.07) is 11.5. The number of hydrazine groups is 1. The second-order valence-electron chi connectivity index (χ2n) is 10.2. The molecule has 3 aliphatic rings. The number of nitrogens with one attached hydrogen (secondary N) is 4. The van der Waals surface area contributed by atoms with Gasteiger partial charge in [-0.3, -0.25) is 15.6 Å². The Morgan fingerprint density at radius 3 is 2.89 bits per heavy atom. The molecule has 6 rings (SSSR count). The highest BCUT2D eigenvalue weighted by Crippen LogP contribution is 2.31. The first-order valence-corrected chi connectivity index (χ1v) is 13.5. The minimum absolute atomic E-state index is 0.0344. The van der Waals surface area contributed by atoms with Gasteiger partial charge in [0.2, 0.25) is 0 Å². The van der Waals surface area contributed by atoms with Gasteiger partial charge in [0.25, 0.3) is 5.91 Å². The molecular weight excluding hydrogens is 458 g/mol. The molecule has 8 nitrogen and oxygen atoms in total. The van der Waals surface area contributed by atoms with Gasteiger partial charge in [0.15, 0.2) is 5.82 Å². The lowest BCUT2D eigenvalue weighted by Gasteiger charge is -2.31. The highest BCUT2D eigenvalue weighted by Gasteiger charge is 2.33. The van der Waals surface area contributed by atoms with Gasteiger partial charge in [-0.05, 0) is 81.7 Å². The fourth-order valence-corrected chi connectivity index (χ4v) is 6.62. The van der Waals surface area contributed by atoms with Crippen molar-refractivity contribution in [2.75, 3.05) is 32.0 Å². The third-order valence-electron chi connectivity index (χ3n) is 7.70. The molecule has 2 aromatic heterocycles. The van der Waals surface area contributed by atoms with Gasteiger partial charge >= 0.3 is 0 Å². The molecule has 1 aromatic carbocycles. The molecule has 1 saturated carbocycles. The predicted octanol–water partition coefficient (Wildman–Crippen LogP) is 3.24. The molecule has 0 bridgehead atoms. The van der Waals surface area contributed by atoms with E-state index in [0.717, 1.165) is 71.7 Å². The lowest BCUT2D eigenvalue weighted by Crippen LogP contribution is -2.43. The first-order chi connectivity index (χ1) is 17.1. The van der Waals surface area contributed by atoms with Crippen LogP contribution in [0.25, 0.3) is 21.5 Å². The summed E-state index contributed by atoms with van der Waals surface area (Å²) in [5.74, 6) is 2.30. The summed E-state index contributed by atoms with van der Waals surface area (Å²) >= 11 is 1.54. The number of likely N-dealkylation sites (tertiary alicyclic amines) is 1. The molecule has 1 amide bonds. The molecule has 1 aliphatic carbocycles. The van der Waals surface area contributed by atoms with Gasteiger partial charge in [-0.1, -0.05) is 12.1 Å². The van der Waals surface area contributed by atoms with Crippen LogP contribution >= 0.6 is 11.3 Å². The van der Waals surface area contributed by atoms with Crippen LogP contribution in [-0.4, -0.2) is 65.6 Å². The quantitative estimate of drug-likeness (QED) is 0.435. The second kappa shape index (κ2) is 9.81. The van der Waals surface area contributed by atoms with E-state index >= 15 is 0 Å². The number of amides is 1. The minimum Gasteiger partial charge on any atom is -0.367 e. The summed E-state index contributed by atoms with van der Waals surface area (Å²) < 4.78 is 1.08. The summed E-state index contributed by atoms with van der Waals surface area (Å²) in [6.45, 7) is 3.10. The number of thiophene rings is 1. The summed E-state index contributed by atoms with van der Waals surface area (Å²) in [6.07, 6.45) is 7.31. The maximum absolute atomic E-state index is 12.9. The van der Waals surface area contributed by atoms with E-state index in [9.17, 15) is 4.79 Å². The third-order valence-corrected chi connectivity index (χ3v) is 8.79. The van der Waals surface area contributed by atoms with Crippen LogP contribution in [0.3, 0.4) is 0 Å². The summed E-state index contributed by atoms with van der Waals surface area (Å²) in [5, 5.41) is 7.95. The topological polar surface area (TPSA) is 94.2 Å². The number of hydrogen-bond acceptors (Lipinski definition) is 8. The van der Waals surface area contributed by atoms with Crippen LogP contribution in [0.2, 0.25) is 0 Å². The van der Waals surface area contributed by atoms with Crippen LogP contribution < -0.4 is 21.5 Å². The van der Waals surface area contributed by atoms with Gasteiger partial charge < -0.3 is 15.5 Å². The summed E-state index contributed by atoms with van der Waals surface area (Å²) in [5.41, 5.74) is 7.66. The van der Waals surface area contributed by atoms with Crippen molar-refractivity contribution in [2.45, 2.75) is 50.2 Å². The van der Waals surface area contributed by atoms with Crippen molar-refractivity contribution < 1.29 is 4.79 Å². The number of rotatable bonds is 5. The number of aromatic nitrogens is 2. The van der Waals surface area contributed by atoms with Crippen LogP contribution in [-0.2, 0) is 0 Å². The molecule has 35 heavy (non-hydrogen) atoms. The summed E-state index contributed by atoms with van der Waals surface area (Å²) in [4.78, 5) is 25.3. The van der Waals surface area contributed by atoms with Crippen molar-refractivity contribution in [3.05, 3.63) is 41.4 Å². The Morgan fingerprint density at radius 1 is 1.11 bits per heavy atom. The molecule has 3 unspecified atom stereocenters. The van der Waals surface area contributed by atoms with Gasteiger partial charge in [0.05, 0.1) is 4.88 Å². The second-order valence-corrected chi connectivity index (χ2v) is 11.3. The van der Waals surface area contributed by atoms with E-state index in [1.54, 1.807) is 0 Å². The monoisotopic (exact) mass is 491 g/mol. The molecule has 2 saturated heterocycles. The van der Waals surface area contributed by atoms with Crippen LogP contribution in [0, 0.1) is 5.92 Å². The Balaban J connectivity index is 1.15. The summed E-state index contributed by atoms with van der Waals surface area (Å²) in [7, 11) is 2.13. The molecule has 9 heteroatoms. The minimum atomic E-state index is 0.0344. The largest absolute Gasteiger partial charge is 0.367 e. The molecule has 3 aromatic rings. The normalized spacial score (nSPS) is 25.5. The number of carbonyl (C=O) groups is 1. The van der Waals surface area contributed by atoms with E-state index < -0.39 is 0 Å². The van der Waals surface area contributed by atoms with Crippen LogP contribution in [0.4, 0.5) is 5.82 Å². The van der Waals surface area contributed by atoms with E-state index in [2.05, 4.69) is 50.5 Å².